The first-order chi connectivity index (χ1) is 40.2. The summed E-state index contributed by atoms with van der Waals surface area (Å²) in [5, 5.41) is 0. The molecule has 0 saturated carbocycles. The maximum atomic E-state index is 14.7. The minimum atomic E-state index is -4.44. The normalized spacial score (nSPS) is 12.6. The van der Waals surface area contributed by atoms with Crippen LogP contribution in [0, 0.1) is 0 Å². The van der Waals surface area contributed by atoms with Gasteiger partial charge in [0, 0.05) is 12.8 Å². The Kier molecular flexibility index (Phi) is 39.9. The van der Waals surface area contributed by atoms with Crippen LogP contribution in [0.2, 0.25) is 0 Å². The Labute approximate surface area is 495 Å². The summed E-state index contributed by atoms with van der Waals surface area (Å²) in [6.07, 6.45) is 32.9. The van der Waals surface area contributed by atoms with Crippen molar-refractivity contribution in [1.29, 1.82) is 0 Å². The van der Waals surface area contributed by atoms with Gasteiger partial charge in [-0.15, -0.1) is 0 Å². The largest absolute Gasteiger partial charge is 0.475 e. The van der Waals surface area contributed by atoms with Gasteiger partial charge >= 0.3 is 27.6 Å². The highest BCUT2D eigenvalue weighted by molar-refractivity contribution is 7.48. The van der Waals surface area contributed by atoms with Gasteiger partial charge in [0.1, 0.15) is 0 Å². The van der Waals surface area contributed by atoms with Crippen molar-refractivity contribution in [2.24, 2.45) is 0 Å². The number of esters is 2. The van der Waals surface area contributed by atoms with Crippen LogP contribution in [0.5, 0.6) is 0 Å². The van der Waals surface area contributed by atoms with Gasteiger partial charge in [-0.1, -0.05) is 315 Å². The highest BCUT2D eigenvalue weighted by Gasteiger charge is 2.38. The zero-order valence-corrected chi connectivity index (χ0v) is 52.2. The quantitative estimate of drug-likeness (QED) is 0.0236. The fraction of sp³-hybridized carbons (Fsp3) is 0.618. The third kappa shape index (κ3) is 35.4. The van der Waals surface area contributed by atoms with Gasteiger partial charge in [0.25, 0.3) is 0 Å². The van der Waals surface area contributed by atoms with Crippen LogP contribution in [0.3, 0.4) is 0 Å². The lowest BCUT2D eigenvalue weighted by Crippen LogP contribution is -2.41. The van der Waals surface area contributed by atoms with Crippen molar-refractivity contribution in [3.8, 4) is 0 Å². The zero-order valence-electron chi connectivity index (χ0n) is 50.4. The molecule has 0 unspecified atom stereocenters. The molecular formula is C68H104O12P2. The summed E-state index contributed by atoms with van der Waals surface area (Å²) < 4.78 is 77.9. The number of unbranched alkanes of at least 4 members (excludes halogenated alkanes) is 28. The van der Waals surface area contributed by atoms with E-state index in [1.54, 1.807) is 0 Å². The van der Waals surface area contributed by atoms with Crippen LogP contribution in [0.4, 0.5) is 0 Å². The Balaban J connectivity index is 1.48. The number of phosphoric acid groups is 2. The van der Waals surface area contributed by atoms with Crippen LogP contribution < -0.4 is 0 Å². The van der Waals surface area contributed by atoms with Crippen molar-refractivity contribution in [1.82, 2.24) is 0 Å². The number of phosphoric ester groups is 2. The minimum absolute atomic E-state index is 0.0843. The number of hydrogen-bond donors (Lipinski definition) is 0. The number of carbonyl (C=O) groups excluding carboxylic acids is 2. The lowest BCUT2D eigenvalue weighted by molar-refractivity contribution is -0.174. The summed E-state index contributed by atoms with van der Waals surface area (Å²) in [5.41, 5.74) is 2.90. The molecule has 0 aliphatic carbocycles. The number of hydrogen-bond acceptors (Lipinski definition) is 12. The van der Waals surface area contributed by atoms with Crippen LogP contribution >= 0.6 is 15.6 Å². The standard InChI is InChI=1S/C68H104O12P2/c1-3-5-7-9-11-13-15-17-19-21-23-25-27-29-43-53-67(69)79-65(59-77-81(71,73-55-61-45-35-31-36-46-61)74-56-62-47-37-32-38-48-62)66(80-68(70)54-44-30-28-26-24-22-20-18-16-14-12-10-8-6-4-2)60-78-82(72,75-57-63-49-39-33-40-50-63)76-58-64-51-41-34-42-52-64/h31-42,45-52,65-66H,3-30,43-44,53-60H2,1-2H3/t65-,66+. The minimum Gasteiger partial charge on any atom is -0.456 e. The molecule has 4 aromatic rings. The van der Waals surface area contributed by atoms with Crippen molar-refractivity contribution in [2.45, 2.75) is 258 Å². The van der Waals surface area contributed by atoms with Gasteiger partial charge in [0.15, 0.2) is 12.2 Å². The molecule has 0 aromatic heterocycles. The van der Waals surface area contributed by atoms with Crippen molar-refractivity contribution in [3.63, 3.8) is 0 Å². The molecular weight excluding hydrogens is 1070 g/mol. The first-order valence-corrected chi connectivity index (χ1v) is 34.7. The molecule has 14 heteroatoms. The van der Waals surface area contributed by atoms with Crippen molar-refractivity contribution in [2.75, 3.05) is 13.2 Å². The van der Waals surface area contributed by atoms with E-state index in [-0.39, 0.29) is 39.3 Å². The van der Waals surface area contributed by atoms with E-state index in [0.29, 0.717) is 12.8 Å². The van der Waals surface area contributed by atoms with Crippen LogP contribution in [-0.4, -0.2) is 37.4 Å². The van der Waals surface area contributed by atoms with E-state index in [2.05, 4.69) is 13.8 Å². The van der Waals surface area contributed by atoms with Gasteiger partial charge in [-0.25, -0.2) is 9.13 Å². The Hall–Kier alpha value is -3.96. The Morgan fingerprint density at radius 2 is 0.512 bits per heavy atom. The first kappa shape index (κ1) is 70.5. The van der Waals surface area contributed by atoms with Crippen LogP contribution in [0.1, 0.15) is 242 Å². The molecule has 458 valence electrons. The summed E-state index contributed by atoms with van der Waals surface area (Å²) in [4.78, 5) is 28.0. The second-order valence-corrected chi connectivity index (χ2v) is 25.3. The molecule has 0 N–H and O–H groups in total. The Morgan fingerprint density at radius 1 is 0.305 bits per heavy atom. The zero-order chi connectivity index (χ0) is 58.3. The molecule has 4 aromatic carbocycles. The molecule has 0 aliphatic rings. The highest BCUT2D eigenvalue weighted by atomic mass is 31.2. The van der Waals surface area contributed by atoms with Gasteiger partial charge in [-0.3, -0.25) is 36.7 Å². The molecule has 4 rings (SSSR count). The summed E-state index contributed by atoms with van der Waals surface area (Å²) in [6, 6.07) is 36.8. The number of carbonyl (C=O) groups is 2. The van der Waals surface area contributed by atoms with E-state index < -0.39 is 53.0 Å². The van der Waals surface area contributed by atoms with E-state index >= 15 is 0 Å². The molecule has 0 fully saturated rings. The summed E-state index contributed by atoms with van der Waals surface area (Å²) >= 11 is 0. The number of rotatable bonds is 53. The van der Waals surface area contributed by atoms with Gasteiger partial charge in [-0.2, -0.15) is 0 Å². The van der Waals surface area contributed by atoms with Crippen molar-refractivity contribution in [3.05, 3.63) is 144 Å². The fourth-order valence-corrected chi connectivity index (χ4v) is 12.0. The lowest BCUT2D eigenvalue weighted by atomic mass is 10.0. The molecule has 0 heterocycles. The molecule has 82 heavy (non-hydrogen) atoms. The molecule has 2 atom stereocenters. The summed E-state index contributed by atoms with van der Waals surface area (Å²) in [7, 11) is -8.88. The monoisotopic (exact) mass is 1170 g/mol. The van der Waals surface area contributed by atoms with E-state index in [1.807, 2.05) is 121 Å². The van der Waals surface area contributed by atoms with E-state index in [0.717, 1.165) is 60.8 Å². The molecule has 0 radical (unpaired) electrons. The third-order valence-corrected chi connectivity index (χ3v) is 17.4. The van der Waals surface area contributed by atoms with Gasteiger partial charge < -0.3 is 9.47 Å². The molecule has 0 spiro atoms. The van der Waals surface area contributed by atoms with Crippen LogP contribution in [0.25, 0.3) is 0 Å². The van der Waals surface area contributed by atoms with Crippen molar-refractivity contribution < 1.29 is 55.3 Å². The molecule has 0 bridgehead atoms. The third-order valence-electron chi connectivity index (χ3n) is 14.7. The average Bonchev–Trinajstić information content (AvgIpc) is 3.51. The molecule has 0 saturated heterocycles. The predicted molar refractivity (Wildman–Crippen MR) is 331 cm³/mol. The smallest absolute Gasteiger partial charge is 0.456 e. The number of ether oxygens (including phenoxy) is 2. The number of benzene rings is 4. The molecule has 12 nitrogen and oxygen atoms in total. The average molecular weight is 1180 g/mol. The summed E-state index contributed by atoms with van der Waals surface area (Å²) in [6.45, 7) is 2.88. The highest BCUT2D eigenvalue weighted by Crippen LogP contribution is 2.53. The maximum Gasteiger partial charge on any atom is 0.475 e. The maximum absolute atomic E-state index is 14.7. The first-order valence-electron chi connectivity index (χ1n) is 31.8. The Bertz CT molecular complexity index is 2000. The molecule has 0 amide bonds. The predicted octanol–water partition coefficient (Wildman–Crippen LogP) is 20.4. The van der Waals surface area contributed by atoms with Gasteiger partial charge in [0.2, 0.25) is 0 Å². The second kappa shape index (κ2) is 46.3. The fourth-order valence-electron chi connectivity index (χ4n) is 9.64. The van der Waals surface area contributed by atoms with Crippen LogP contribution in [-0.2, 0) is 81.8 Å². The Morgan fingerprint density at radius 3 is 0.732 bits per heavy atom. The van der Waals surface area contributed by atoms with Gasteiger partial charge in [0.05, 0.1) is 39.6 Å². The lowest BCUT2D eigenvalue weighted by Gasteiger charge is -2.29. The SMILES string of the molecule is CCCCCCCCCCCCCCCCCC(=O)O[C@@H](COP(=O)(OCc1ccccc1)OCc1ccccc1)[C@@H](COP(=O)(OCc1ccccc1)OCc1ccccc1)OC(=O)CCCCCCCCCCCCCCCCC. The van der Waals surface area contributed by atoms with Crippen LogP contribution in [0.15, 0.2) is 121 Å². The van der Waals surface area contributed by atoms with E-state index in [9.17, 15) is 18.7 Å². The topological polar surface area (TPSA) is 142 Å². The van der Waals surface area contributed by atoms with E-state index in [1.165, 1.54) is 141 Å². The second-order valence-electron chi connectivity index (χ2n) is 22.0. The van der Waals surface area contributed by atoms with Crippen molar-refractivity contribution >= 4 is 27.6 Å². The summed E-state index contributed by atoms with van der Waals surface area (Å²) in [5.74, 6) is -1.14. The van der Waals surface area contributed by atoms with Gasteiger partial charge in [-0.05, 0) is 35.1 Å². The van der Waals surface area contributed by atoms with E-state index in [4.69, 9.17) is 36.6 Å². The molecule has 0 aliphatic heterocycles.